The van der Waals surface area contributed by atoms with Crippen molar-refractivity contribution < 1.29 is 35.9 Å². The zero-order valence-corrected chi connectivity index (χ0v) is 19.6. The third-order valence-electron chi connectivity index (χ3n) is 6.80. The van der Waals surface area contributed by atoms with Gasteiger partial charge in [-0.2, -0.15) is 31.3 Å². The second-order valence-corrected chi connectivity index (χ2v) is 9.19. The molecular weight excluding hydrogens is 492 g/mol. The fraction of sp³-hybridized carbons (Fsp3) is 0.522. The fourth-order valence-electron chi connectivity index (χ4n) is 4.61. The topological polar surface area (TPSA) is 96.1 Å². The van der Waals surface area contributed by atoms with E-state index >= 15 is 0 Å². The van der Waals surface area contributed by atoms with E-state index in [9.17, 15) is 31.4 Å². The molecule has 4 atom stereocenters. The predicted octanol–water partition coefficient (Wildman–Crippen LogP) is 5.65. The Hall–Kier alpha value is -3.09. The van der Waals surface area contributed by atoms with Crippen LogP contribution < -0.4 is 10.6 Å². The van der Waals surface area contributed by atoms with Gasteiger partial charge < -0.3 is 20.2 Å². The number of aliphatic hydroxyl groups excluding tert-OH is 1. The molecule has 1 fully saturated rings. The maximum Gasteiger partial charge on any atom is 0.433 e. The number of aromatic nitrogens is 3. The lowest BCUT2D eigenvalue weighted by Crippen LogP contribution is -2.26. The summed E-state index contributed by atoms with van der Waals surface area (Å²) in [6, 6.07) is 2.09. The number of rotatable bonds is 6. The van der Waals surface area contributed by atoms with Gasteiger partial charge in [-0.25, -0.2) is 9.97 Å². The van der Waals surface area contributed by atoms with Gasteiger partial charge in [-0.1, -0.05) is 13.8 Å². The number of halogens is 6. The highest BCUT2D eigenvalue weighted by Gasteiger charge is 2.38. The molecule has 3 aromatic rings. The molecule has 3 heterocycles. The molecule has 1 aliphatic carbocycles. The van der Waals surface area contributed by atoms with Gasteiger partial charge in [0, 0.05) is 18.0 Å². The summed E-state index contributed by atoms with van der Waals surface area (Å²) in [5.41, 5.74) is -0.405. The first-order valence-electron chi connectivity index (χ1n) is 11.3. The van der Waals surface area contributed by atoms with Gasteiger partial charge in [0.25, 0.3) is 0 Å². The van der Waals surface area contributed by atoms with Gasteiger partial charge in [0.05, 0.1) is 17.5 Å². The van der Waals surface area contributed by atoms with Gasteiger partial charge in [-0.3, -0.25) is 0 Å². The van der Waals surface area contributed by atoms with E-state index in [1.165, 1.54) is 6.07 Å². The summed E-state index contributed by atoms with van der Waals surface area (Å²) in [5, 5.41) is 15.3. The minimum absolute atomic E-state index is 0.00412. The minimum Gasteiger partial charge on any atom is -0.454 e. The number of aryl methyl sites for hydroxylation is 1. The van der Waals surface area contributed by atoms with E-state index in [0.717, 1.165) is 12.3 Å². The molecule has 1 aliphatic rings. The smallest absolute Gasteiger partial charge is 0.433 e. The number of aliphatic hydroxyl groups is 1. The lowest BCUT2D eigenvalue weighted by molar-refractivity contribution is -0.141. The van der Waals surface area contributed by atoms with Crippen molar-refractivity contribution in [3.8, 4) is 11.3 Å². The molecule has 4 rings (SSSR count). The van der Waals surface area contributed by atoms with Gasteiger partial charge >= 0.3 is 12.4 Å². The van der Waals surface area contributed by atoms with Crippen LogP contribution in [0.1, 0.15) is 31.7 Å². The molecule has 36 heavy (non-hydrogen) atoms. The molecule has 196 valence electrons. The van der Waals surface area contributed by atoms with Crippen LogP contribution >= 0.6 is 0 Å². The molecule has 3 aromatic heterocycles. The van der Waals surface area contributed by atoms with Crippen molar-refractivity contribution in [1.29, 1.82) is 0 Å². The van der Waals surface area contributed by atoms with Crippen LogP contribution in [0.25, 0.3) is 22.3 Å². The van der Waals surface area contributed by atoms with E-state index in [1.54, 1.807) is 6.92 Å². The highest BCUT2D eigenvalue weighted by molar-refractivity contribution is 5.86. The highest BCUT2D eigenvalue weighted by Crippen LogP contribution is 2.41. The number of furan rings is 1. The summed E-state index contributed by atoms with van der Waals surface area (Å²) in [4.78, 5) is 11.8. The van der Waals surface area contributed by atoms with E-state index in [0.29, 0.717) is 12.0 Å². The Morgan fingerprint density at radius 3 is 2.42 bits per heavy atom. The Balaban J connectivity index is 1.77. The third kappa shape index (κ3) is 5.35. The molecule has 1 saturated carbocycles. The highest BCUT2D eigenvalue weighted by atomic mass is 19.4. The lowest BCUT2D eigenvalue weighted by Gasteiger charge is -2.22. The Morgan fingerprint density at radius 1 is 1.08 bits per heavy atom. The number of pyridine rings is 1. The monoisotopic (exact) mass is 517 g/mol. The van der Waals surface area contributed by atoms with Gasteiger partial charge in [0.15, 0.2) is 5.58 Å². The van der Waals surface area contributed by atoms with Gasteiger partial charge in [-0.15, -0.1) is 0 Å². The average Bonchev–Trinajstić information content (AvgIpc) is 3.31. The quantitative estimate of drug-likeness (QED) is 0.364. The Kier molecular flexibility index (Phi) is 6.80. The van der Waals surface area contributed by atoms with Gasteiger partial charge in [0.2, 0.25) is 5.95 Å². The van der Waals surface area contributed by atoms with E-state index in [1.807, 2.05) is 13.8 Å². The molecule has 13 heteroatoms. The Labute approximate surface area is 202 Å². The van der Waals surface area contributed by atoms with Crippen LogP contribution in [0, 0.1) is 24.7 Å². The van der Waals surface area contributed by atoms with Crippen molar-refractivity contribution in [1.82, 2.24) is 15.0 Å². The van der Waals surface area contributed by atoms with Crippen molar-refractivity contribution >= 4 is 22.7 Å². The molecule has 0 bridgehead atoms. The van der Waals surface area contributed by atoms with Crippen molar-refractivity contribution in [3.63, 3.8) is 0 Å². The van der Waals surface area contributed by atoms with Crippen molar-refractivity contribution in [3.05, 3.63) is 29.7 Å². The second-order valence-electron chi connectivity index (χ2n) is 9.19. The molecule has 0 aromatic carbocycles. The summed E-state index contributed by atoms with van der Waals surface area (Å²) in [5.74, 6) is 0.380. The molecule has 0 amide bonds. The minimum atomic E-state index is -4.64. The SMILES string of the molecule is Cc1nc(NCC(F)(F)F)nc(N[C@@H]2C[C@H](CO)[C@@H](C)[C@H]2C)c1-c1cc2cc(C(F)(F)F)ncc2o1. The Bertz CT molecular complexity index is 1240. The van der Waals surface area contributed by atoms with E-state index in [-0.39, 0.29) is 64.6 Å². The maximum atomic E-state index is 13.1. The van der Waals surface area contributed by atoms with Crippen LogP contribution in [-0.4, -0.2) is 45.4 Å². The van der Waals surface area contributed by atoms with Gasteiger partial charge in [-0.05, 0) is 43.2 Å². The summed E-state index contributed by atoms with van der Waals surface area (Å²) < 4.78 is 83.4. The molecule has 0 aliphatic heterocycles. The summed E-state index contributed by atoms with van der Waals surface area (Å²) >= 11 is 0. The summed E-state index contributed by atoms with van der Waals surface area (Å²) in [6.45, 7) is 4.21. The molecule has 3 N–H and O–H groups in total. The standard InChI is InChI=1S/C23H25F6N5O2/c1-10-11(2)15(4-14(10)8-35)33-20-19(12(3)32-21(34-20)31-9-22(24,25)26)16-5-13-6-18(23(27,28)29)30-7-17(13)36-16/h5-7,10-11,14-15,35H,4,8-9H2,1-3H3,(H2,31,32,33,34)/t10-,11+,14+,15+/m0/s1. The van der Waals surface area contributed by atoms with Crippen molar-refractivity contribution in [2.75, 3.05) is 23.8 Å². The number of fused-ring (bicyclic) bond motifs is 1. The molecule has 0 radical (unpaired) electrons. The number of nitrogens with one attached hydrogen (secondary N) is 2. The van der Waals surface area contributed by atoms with E-state index in [2.05, 4.69) is 25.6 Å². The number of hydrogen-bond donors (Lipinski definition) is 3. The molecule has 0 saturated heterocycles. The number of anilines is 2. The normalized spacial score (nSPS) is 22.8. The largest absolute Gasteiger partial charge is 0.454 e. The Morgan fingerprint density at radius 2 is 1.81 bits per heavy atom. The van der Waals surface area contributed by atoms with E-state index < -0.39 is 24.6 Å². The predicted molar refractivity (Wildman–Crippen MR) is 120 cm³/mol. The zero-order valence-electron chi connectivity index (χ0n) is 19.6. The lowest BCUT2D eigenvalue weighted by atomic mass is 9.92. The van der Waals surface area contributed by atoms with Crippen LogP contribution in [0.5, 0.6) is 0 Å². The third-order valence-corrected chi connectivity index (χ3v) is 6.80. The van der Waals surface area contributed by atoms with Crippen LogP contribution in [-0.2, 0) is 6.18 Å². The summed E-state index contributed by atoms with van der Waals surface area (Å²) in [6.07, 6.45) is -7.56. The maximum absolute atomic E-state index is 13.1. The number of nitrogens with zero attached hydrogens (tertiary/aromatic N) is 3. The van der Waals surface area contributed by atoms with Crippen LogP contribution in [0.3, 0.4) is 0 Å². The second kappa shape index (κ2) is 9.41. The van der Waals surface area contributed by atoms with Crippen molar-refractivity contribution in [2.24, 2.45) is 17.8 Å². The summed E-state index contributed by atoms with van der Waals surface area (Å²) in [7, 11) is 0. The first-order valence-corrected chi connectivity index (χ1v) is 11.3. The van der Waals surface area contributed by atoms with Crippen LogP contribution in [0.15, 0.2) is 22.7 Å². The molecular formula is C23H25F6N5O2. The zero-order chi connectivity index (χ0) is 26.4. The fourth-order valence-corrected chi connectivity index (χ4v) is 4.61. The molecule has 0 spiro atoms. The van der Waals surface area contributed by atoms with E-state index in [4.69, 9.17) is 4.42 Å². The molecule has 0 unspecified atom stereocenters. The van der Waals surface area contributed by atoms with Crippen LogP contribution in [0.2, 0.25) is 0 Å². The van der Waals surface area contributed by atoms with Crippen LogP contribution in [0.4, 0.5) is 38.1 Å². The average molecular weight is 517 g/mol. The number of hydrogen-bond acceptors (Lipinski definition) is 7. The first kappa shape index (κ1) is 26.0. The number of alkyl halides is 6. The molecule has 7 nitrogen and oxygen atoms in total. The van der Waals surface area contributed by atoms with Gasteiger partial charge in [0.1, 0.15) is 23.8 Å². The first-order chi connectivity index (χ1) is 16.8. The van der Waals surface area contributed by atoms with Crippen molar-refractivity contribution in [2.45, 2.75) is 45.6 Å².